The standard InChI is InChI=1S/C10H13N5O5S/c1-6-9(7(2)20-13-6)21(18,19)11-3-4-15-5-8(10(16)17)12-14-15/h5,11H,3-4H2,1-2H3,(H,16,17). The first-order valence-electron chi connectivity index (χ1n) is 5.87. The van der Waals surface area contributed by atoms with Crippen molar-refractivity contribution in [1.29, 1.82) is 0 Å². The topological polar surface area (TPSA) is 140 Å². The molecule has 2 rings (SSSR count). The lowest BCUT2D eigenvalue weighted by Gasteiger charge is -2.05. The number of nitrogens with zero attached hydrogens (tertiary/aromatic N) is 4. The van der Waals surface area contributed by atoms with E-state index >= 15 is 0 Å². The highest BCUT2D eigenvalue weighted by molar-refractivity contribution is 7.89. The number of nitrogens with one attached hydrogen (secondary N) is 1. The van der Waals surface area contributed by atoms with Gasteiger partial charge in [0, 0.05) is 6.54 Å². The maximum Gasteiger partial charge on any atom is 0.358 e. The molecule has 0 unspecified atom stereocenters. The maximum absolute atomic E-state index is 12.1. The van der Waals surface area contributed by atoms with Gasteiger partial charge in [0.25, 0.3) is 0 Å². The van der Waals surface area contributed by atoms with Gasteiger partial charge in [0.15, 0.2) is 11.5 Å². The molecule has 0 amide bonds. The van der Waals surface area contributed by atoms with Crippen molar-refractivity contribution in [3.63, 3.8) is 0 Å². The van der Waals surface area contributed by atoms with Gasteiger partial charge in [-0.3, -0.25) is 4.68 Å². The second kappa shape index (κ2) is 5.61. The third kappa shape index (κ3) is 3.25. The van der Waals surface area contributed by atoms with Crippen LogP contribution in [0.25, 0.3) is 0 Å². The Morgan fingerprint density at radius 3 is 2.71 bits per heavy atom. The number of carboxylic acids is 1. The molecule has 0 saturated carbocycles. The van der Waals surface area contributed by atoms with E-state index < -0.39 is 16.0 Å². The highest BCUT2D eigenvalue weighted by atomic mass is 32.2. The molecule has 114 valence electrons. The average Bonchev–Trinajstić information content (AvgIpc) is 2.96. The van der Waals surface area contributed by atoms with Crippen LogP contribution in [0.4, 0.5) is 0 Å². The smallest absolute Gasteiger partial charge is 0.358 e. The van der Waals surface area contributed by atoms with Gasteiger partial charge in [0.1, 0.15) is 10.6 Å². The predicted molar refractivity (Wildman–Crippen MR) is 68.1 cm³/mol. The molecule has 10 nitrogen and oxygen atoms in total. The fourth-order valence-corrected chi connectivity index (χ4v) is 3.08. The Labute approximate surface area is 119 Å². The van der Waals surface area contributed by atoms with Gasteiger partial charge in [0.2, 0.25) is 10.0 Å². The van der Waals surface area contributed by atoms with E-state index in [2.05, 4.69) is 20.2 Å². The summed E-state index contributed by atoms with van der Waals surface area (Å²) in [7, 11) is -3.74. The summed E-state index contributed by atoms with van der Waals surface area (Å²) in [5, 5.41) is 19.3. The van der Waals surface area contributed by atoms with E-state index in [0.29, 0.717) is 0 Å². The van der Waals surface area contributed by atoms with Gasteiger partial charge >= 0.3 is 5.97 Å². The first kappa shape index (κ1) is 15.1. The molecular weight excluding hydrogens is 302 g/mol. The molecule has 0 saturated heterocycles. The normalized spacial score (nSPS) is 11.7. The van der Waals surface area contributed by atoms with Gasteiger partial charge in [-0.05, 0) is 13.8 Å². The van der Waals surface area contributed by atoms with Crippen LogP contribution in [0.2, 0.25) is 0 Å². The molecule has 0 spiro atoms. The fraction of sp³-hybridized carbons (Fsp3) is 0.400. The monoisotopic (exact) mass is 315 g/mol. The number of carbonyl (C=O) groups is 1. The van der Waals surface area contributed by atoms with E-state index in [9.17, 15) is 13.2 Å². The number of aryl methyl sites for hydroxylation is 2. The van der Waals surface area contributed by atoms with Crippen molar-refractivity contribution in [2.24, 2.45) is 0 Å². The Bertz CT molecular complexity index is 743. The van der Waals surface area contributed by atoms with Gasteiger partial charge < -0.3 is 9.63 Å². The molecule has 0 aliphatic rings. The zero-order valence-corrected chi connectivity index (χ0v) is 12.1. The molecule has 0 radical (unpaired) electrons. The van der Waals surface area contributed by atoms with Gasteiger partial charge in [-0.25, -0.2) is 17.9 Å². The fourth-order valence-electron chi connectivity index (χ4n) is 1.73. The van der Waals surface area contributed by atoms with E-state index in [0.717, 1.165) is 0 Å². The van der Waals surface area contributed by atoms with Gasteiger partial charge in [0.05, 0.1) is 12.7 Å². The lowest BCUT2D eigenvalue weighted by molar-refractivity contribution is 0.0690. The number of aromatic carboxylic acids is 1. The summed E-state index contributed by atoms with van der Waals surface area (Å²) in [6, 6.07) is 0. The molecule has 2 heterocycles. The Balaban J connectivity index is 2.01. The van der Waals surface area contributed by atoms with Crippen molar-refractivity contribution in [3.05, 3.63) is 23.3 Å². The third-order valence-electron chi connectivity index (χ3n) is 2.63. The van der Waals surface area contributed by atoms with Crippen molar-refractivity contribution in [2.75, 3.05) is 6.54 Å². The third-order valence-corrected chi connectivity index (χ3v) is 4.33. The average molecular weight is 315 g/mol. The second-order valence-corrected chi connectivity index (χ2v) is 5.93. The SMILES string of the molecule is Cc1noc(C)c1S(=O)(=O)NCCn1cc(C(=O)O)nn1. The zero-order valence-electron chi connectivity index (χ0n) is 11.3. The summed E-state index contributed by atoms with van der Waals surface area (Å²) in [5.41, 5.74) is 0.0671. The van der Waals surface area contributed by atoms with Crippen molar-refractivity contribution in [2.45, 2.75) is 25.3 Å². The van der Waals surface area contributed by atoms with Crippen molar-refractivity contribution >= 4 is 16.0 Å². The Kier molecular flexibility index (Phi) is 4.04. The summed E-state index contributed by atoms with van der Waals surface area (Å²) >= 11 is 0. The molecule has 0 atom stereocenters. The van der Waals surface area contributed by atoms with Crippen LogP contribution in [0.1, 0.15) is 21.9 Å². The number of carboxylic acid groups (broad SMARTS) is 1. The summed E-state index contributed by atoms with van der Waals surface area (Å²) in [4.78, 5) is 10.6. The molecule has 2 aromatic heterocycles. The first-order valence-corrected chi connectivity index (χ1v) is 7.35. The lowest BCUT2D eigenvalue weighted by Crippen LogP contribution is -2.28. The number of rotatable bonds is 6. The lowest BCUT2D eigenvalue weighted by atomic mass is 10.4. The summed E-state index contributed by atoms with van der Waals surface area (Å²) < 4.78 is 32.6. The van der Waals surface area contributed by atoms with Crippen LogP contribution in [0.3, 0.4) is 0 Å². The zero-order chi connectivity index (χ0) is 15.6. The van der Waals surface area contributed by atoms with Crippen LogP contribution < -0.4 is 4.72 Å². The van der Waals surface area contributed by atoms with E-state index in [-0.39, 0.29) is 35.1 Å². The Hall–Kier alpha value is -2.27. The molecule has 0 bridgehead atoms. The number of sulfonamides is 1. The van der Waals surface area contributed by atoms with Gasteiger partial charge in [-0.15, -0.1) is 5.10 Å². The number of hydrogen-bond acceptors (Lipinski definition) is 7. The number of hydrogen-bond donors (Lipinski definition) is 2. The minimum Gasteiger partial charge on any atom is -0.476 e. The molecule has 0 aliphatic heterocycles. The maximum atomic E-state index is 12.1. The summed E-state index contributed by atoms with van der Waals surface area (Å²) in [6.07, 6.45) is 1.21. The summed E-state index contributed by atoms with van der Waals surface area (Å²) in [5.74, 6) is -0.994. The second-order valence-electron chi connectivity index (χ2n) is 4.22. The minimum absolute atomic E-state index is 0.00677. The van der Waals surface area contributed by atoms with Crippen LogP contribution >= 0.6 is 0 Å². The quantitative estimate of drug-likeness (QED) is 0.731. The predicted octanol–water partition coefficient (Wildman–Crippen LogP) is -0.440. The van der Waals surface area contributed by atoms with Crippen molar-refractivity contribution < 1.29 is 22.8 Å². The van der Waals surface area contributed by atoms with Crippen LogP contribution in [0, 0.1) is 13.8 Å². The Morgan fingerprint density at radius 1 is 1.48 bits per heavy atom. The molecular formula is C10H13N5O5S. The minimum atomic E-state index is -3.74. The highest BCUT2D eigenvalue weighted by Gasteiger charge is 2.23. The molecule has 2 aromatic rings. The number of aromatic nitrogens is 4. The summed E-state index contributed by atoms with van der Waals surface area (Å²) in [6.45, 7) is 3.20. The van der Waals surface area contributed by atoms with Crippen LogP contribution in [0.5, 0.6) is 0 Å². The van der Waals surface area contributed by atoms with Crippen molar-refractivity contribution in [3.8, 4) is 0 Å². The van der Waals surface area contributed by atoms with E-state index in [1.165, 1.54) is 24.7 Å². The van der Waals surface area contributed by atoms with Crippen LogP contribution in [-0.2, 0) is 16.6 Å². The van der Waals surface area contributed by atoms with Crippen LogP contribution in [-0.4, -0.2) is 46.2 Å². The van der Waals surface area contributed by atoms with Crippen molar-refractivity contribution in [1.82, 2.24) is 24.9 Å². The van der Waals surface area contributed by atoms with E-state index in [1.54, 1.807) is 0 Å². The molecule has 11 heteroatoms. The van der Waals surface area contributed by atoms with Gasteiger partial charge in [-0.1, -0.05) is 10.4 Å². The molecule has 0 aliphatic carbocycles. The molecule has 0 aromatic carbocycles. The van der Waals surface area contributed by atoms with Gasteiger partial charge in [-0.2, -0.15) is 0 Å². The molecule has 2 N–H and O–H groups in total. The molecule has 21 heavy (non-hydrogen) atoms. The Morgan fingerprint density at radius 2 is 2.19 bits per heavy atom. The first-order chi connectivity index (χ1) is 9.81. The highest BCUT2D eigenvalue weighted by Crippen LogP contribution is 2.18. The van der Waals surface area contributed by atoms with Crippen LogP contribution in [0.15, 0.2) is 15.6 Å². The molecule has 0 fully saturated rings. The largest absolute Gasteiger partial charge is 0.476 e. The van der Waals surface area contributed by atoms with E-state index in [4.69, 9.17) is 9.63 Å². The van der Waals surface area contributed by atoms with E-state index in [1.807, 2.05) is 0 Å².